The van der Waals surface area contributed by atoms with Gasteiger partial charge in [0.15, 0.2) is 0 Å². The Balaban J connectivity index is 1.19. The van der Waals surface area contributed by atoms with Crippen LogP contribution in [0.25, 0.3) is 22.0 Å². The van der Waals surface area contributed by atoms with E-state index in [2.05, 4.69) is 62.1 Å². The monoisotopic (exact) mass is 427 g/mol. The first-order valence-electron chi connectivity index (χ1n) is 11.5. The molecular weight excluding hydrogens is 398 g/mol. The second-order valence-corrected chi connectivity index (χ2v) is 8.90. The molecule has 1 fully saturated rings. The fourth-order valence-corrected chi connectivity index (χ4v) is 4.91. The first kappa shape index (κ1) is 20.5. The smallest absolute Gasteiger partial charge is 0.223 e. The van der Waals surface area contributed by atoms with Crippen molar-refractivity contribution in [2.75, 3.05) is 6.54 Å². The highest BCUT2D eigenvalue weighted by Gasteiger charge is 2.29. The summed E-state index contributed by atoms with van der Waals surface area (Å²) in [5.41, 5.74) is 4.61. The van der Waals surface area contributed by atoms with Gasteiger partial charge in [0.25, 0.3) is 0 Å². The lowest BCUT2D eigenvalue weighted by molar-refractivity contribution is -0.135. The summed E-state index contributed by atoms with van der Waals surface area (Å²) in [6.07, 6.45) is 9.13. The fourth-order valence-electron chi connectivity index (χ4n) is 4.91. The number of fused-ring (bicyclic) bond motifs is 1. The average molecular weight is 428 g/mol. The fraction of sp³-hybridized carbons (Fsp3) is 0.346. The molecule has 1 aliphatic rings. The number of likely N-dealkylation sites (tertiary alicyclic amines) is 1. The lowest BCUT2D eigenvalue weighted by Crippen LogP contribution is -2.45. The zero-order valence-electron chi connectivity index (χ0n) is 18.4. The van der Waals surface area contributed by atoms with Crippen molar-refractivity contribution in [1.82, 2.24) is 24.9 Å². The maximum Gasteiger partial charge on any atom is 0.223 e. The zero-order valence-corrected chi connectivity index (χ0v) is 18.4. The van der Waals surface area contributed by atoms with E-state index < -0.39 is 0 Å². The van der Waals surface area contributed by atoms with Crippen LogP contribution in [-0.4, -0.2) is 43.4 Å². The molecule has 0 radical (unpaired) electrons. The Morgan fingerprint density at radius 1 is 1.12 bits per heavy atom. The van der Waals surface area contributed by atoms with Crippen LogP contribution >= 0.6 is 0 Å². The summed E-state index contributed by atoms with van der Waals surface area (Å²) in [7, 11) is 0. The SMILES string of the molecule is CC1CC(Cn2ncc3cc(-c4cn[nH]c4)ccc32)CCN1C(=O)CCc1ccccc1. The molecule has 5 rings (SSSR count). The Hall–Kier alpha value is -3.41. The highest BCUT2D eigenvalue weighted by Crippen LogP contribution is 2.28. The number of hydrogen-bond acceptors (Lipinski definition) is 3. The minimum Gasteiger partial charge on any atom is -0.340 e. The van der Waals surface area contributed by atoms with Crippen molar-refractivity contribution in [1.29, 1.82) is 0 Å². The molecule has 2 aromatic heterocycles. The number of piperidine rings is 1. The number of aryl methyl sites for hydroxylation is 1. The van der Waals surface area contributed by atoms with Gasteiger partial charge in [0.2, 0.25) is 5.91 Å². The molecule has 1 aliphatic heterocycles. The van der Waals surface area contributed by atoms with E-state index in [0.717, 1.165) is 54.4 Å². The van der Waals surface area contributed by atoms with Crippen LogP contribution in [0.1, 0.15) is 31.7 Å². The van der Waals surface area contributed by atoms with Crippen molar-refractivity contribution < 1.29 is 4.79 Å². The van der Waals surface area contributed by atoms with Gasteiger partial charge in [-0.15, -0.1) is 0 Å². The Kier molecular flexibility index (Phi) is 5.75. The van der Waals surface area contributed by atoms with Crippen molar-refractivity contribution in [3.05, 3.63) is 72.7 Å². The molecule has 164 valence electrons. The molecule has 0 aliphatic carbocycles. The maximum atomic E-state index is 12.8. The molecule has 2 unspecified atom stereocenters. The van der Waals surface area contributed by atoms with E-state index in [-0.39, 0.29) is 11.9 Å². The largest absolute Gasteiger partial charge is 0.340 e. The van der Waals surface area contributed by atoms with Gasteiger partial charge in [-0.1, -0.05) is 36.4 Å². The van der Waals surface area contributed by atoms with Gasteiger partial charge in [-0.25, -0.2) is 0 Å². The van der Waals surface area contributed by atoms with Crippen LogP contribution in [0.4, 0.5) is 0 Å². The number of nitrogens with one attached hydrogen (secondary N) is 1. The summed E-state index contributed by atoms with van der Waals surface area (Å²) >= 11 is 0. The Labute approximate surface area is 188 Å². The molecule has 0 bridgehead atoms. The molecule has 3 heterocycles. The van der Waals surface area contributed by atoms with E-state index in [1.54, 1.807) is 0 Å². The quantitative estimate of drug-likeness (QED) is 0.486. The molecule has 1 amide bonds. The lowest BCUT2D eigenvalue weighted by atomic mass is 9.91. The number of aromatic nitrogens is 4. The second kappa shape index (κ2) is 8.99. The molecule has 0 saturated carbocycles. The highest BCUT2D eigenvalue weighted by molar-refractivity contribution is 5.84. The van der Waals surface area contributed by atoms with Gasteiger partial charge in [-0.3, -0.25) is 14.6 Å². The lowest BCUT2D eigenvalue weighted by Gasteiger charge is -2.38. The van der Waals surface area contributed by atoms with Crippen LogP contribution in [0.15, 0.2) is 67.1 Å². The molecule has 4 aromatic rings. The number of aromatic amines is 1. The van der Waals surface area contributed by atoms with Crippen LogP contribution in [0, 0.1) is 5.92 Å². The molecule has 32 heavy (non-hydrogen) atoms. The van der Waals surface area contributed by atoms with E-state index in [1.807, 2.05) is 36.8 Å². The van der Waals surface area contributed by atoms with Crippen molar-refractivity contribution >= 4 is 16.8 Å². The van der Waals surface area contributed by atoms with Crippen molar-refractivity contribution in [2.24, 2.45) is 5.92 Å². The minimum absolute atomic E-state index is 0.270. The van der Waals surface area contributed by atoms with Gasteiger partial charge >= 0.3 is 0 Å². The van der Waals surface area contributed by atoms with Crippen LogP contribution in [0.5, 0.6) is 0 Å². The second-order valence-electron chi connectivity index (χ2n) is 8.90. The number of carbonyl (C=O) groups excluding carboxylic acids is 1. The van der Waals surface area contributed by atoms with E-state index >= 15 is 0 Å². The van der Waals surface area contributed by atoms with Crippen molar-refractivity contribution in [3.63, 3.8) is 0 Å². The van der Waals surface area contributed by atoms with Crippen LogP contribution in [-0.2, 0) is 17.8 Å². The summed E-state index contributed by atoms with van der Waals surface area (Å²) < 4.78 is 2.12. The summed E-state index contributed by atoms with van der Waals surface area (Å²) in [6.45, 7) is 3.92. The maximum absolute atomic E-state index is 12.8. The molecular formula is C26H29N5O. The third-order valence-electron chi connectivity index (χ3n) is 6.68. The van der Waals surface area contributed by atoms with Gasteiger partial charge in [-0.05, 0) is 55.4 Å². The van der Waals surface area contributed by atoms with Gasteiger partial charge in [0.1, 0.15) is 0 Å². The van der Waals surface area contributed by atoms with E-state index in [1.165, 1.54) is 5.56 Å². The standard InChI is InChI=1S/C26H29N5O/c1-19-13-21(11-12-30(19)26(32)10-7-20-5-3-2-4-6-20)18-31-25-9-8-22(14-23(25)17-29-31)24-15-27-28-16-24/h2-6,8-9,14-17,19,21H,7,10-13,18H2,1H3,(H,27,28). The Morgan fingerprint density at radius 2 is 2.00 bits per heavy atom. The normalized spacial score (nSPS) is 18.8. The summed E-state index contributed by atoms with van der Waals surface area (Å²) in [6, 6.07) is 17.0. The number of hydrogen-bond donors (Lipinski definition) is 1. The van der Waals surface area contributed by atoms with Gasteiger partial charge < -0.3 is 4.90 Å². The number of H-pyrrole nitrogens is 1. The first-order chi connectivity index (χ1) is 15.7. The molecule has 1 saturated heterocycles. The van der Waals surface area contributed by atoms with Gasteiger partial charge in [0.05, 0.1) is 17.9 Å². The van der Waals surface area contributed by atoms with E-state index in [9.17, 15) is 4.79 Å². The molecule has 6 nitrogen and oxygen atoms in total. The Bertz CT molecular complexity index is 1180. The predicted molar refractivity (Wildman–Crippen MR) is 126 cm³/mol. The predicted octanol–water partition coefficient (Wildman–Crippen LogP) is 4.69. The van der Waals surface area contributed by atoms with Gasteiger partial charge in [0, 0.05) is 42.7 Å². The molecule has 1 N–H and O–H groups in total. The minimum atomic E-state index is 0.270. The summed E-state index contributed by atoms with van der Waals surface area (Å²) in [4.78, 5) is 14.9. The van der Waals surface area contributed by atoms with E-state index in [4.69, 9.17) is 0 Å². The van der Waals surface area contributed by atoms with Crippen LogP contribution in [0.2, 0.25) is 0 Å². The molecule has 2 aromatic carbocycles. The molecule has 0 spiro atoms. The van der Waals surface area contributed by atoms with Crippen LogP contribution in [0.3, 0.4) is 0 Å². The van der Waals surface area contributed by atoms with Crippen LogP contribution < -0.4 is 0 Å². The molecule has 6 heteroatoms. The zero-order chi connectivity index (χ0) is 21.9. The number of rotatable bonds is 6. The first-order valence-corrected chi connectivity index (χ1v) is 11.5. The topological polar surface area (TPSA) is 66.8 Å². The van der Waals surface area contributed by atoms with Crippen molar-refractivity contribution in [3.8, 4) is 11.1 Å². The molecule has 2 atom stereocenters. The number of benzene rings is 2. The number of nitrogens with zero attached hydrogens (tertiary/aromatic N) is 4. The van der Waals surface area contributed by atoms with E-state index in [0.29, 0.717) is 12.3 Å². The van der Waals surface area contributed by atoms with Crippen molar-refractivity contribution in [2.45, 2.75) is 45.2 Å². The third kappa shape index (κ3) is 4.31. The van der Waals surface area contributed by atoms with Gasteiger partial charge in [-0.2, -0.15) is 10.2 Å². The number of amides is 1. The number of carbonyl (C=O) groups is 1. The summed E-state index contributed by atoms with van der Waals surface area (Å²) in [5, 5.41) is 12.7. The highest BCUT2D eigenvalue weighted by atomic mass is 16.2. The Morgan fingerprint density at radius 3 is 2.78 bits per heavy atom. The summed E-state index contributed by atoms with van der Waals surface area (Å²) in [5.74, 6) is 0.802. The third-order valence-corrected chi connectivity index (χ3v) is 6.68. The average Bonchev–Trinajstić information content (AvgIpc) is 3.49.